The Bertz CT molecular complexity index is 472. The molecule has 0 saturated carbocycles. The maximum atomic E-state index is 10.8. The SMILES string of the molecule is CN1CCN(Cc2ccc3c(c2)CN(C=O)C3)CC1.Cl. The number of nitrogens with zero attached hydrogens (tertiary/aromatic N) is 3. The van der Waals surface area contributed by atoms with Crippen LogP contribution in [0, 0.1) is 0 Å². The molecular formula is C15H22ClN3O. The second-order valence-electron chi connectivity index (χ2n) is 5.69. The zero-order valence-electron chi connectivity index (χ0n) is 11.9. The van der Waals surface area contributed by atoms with Gasteiger partial charge in [0.25, 0.3) is 0 Å². The van der Waals surface area contributed by atoms with Gasteiger partial charge in [0.15, 0.2) is 0 Å². The van der Waals surface area contributed by atoms with E-state index in [9.17, 15) is 4.79 Å². The summed E-state index contributed by atoms with van der Waals surface area (Å²) in [6.45, 7) is 7.18. The molecule has 0 N–H and O–H groups in total. The van der Waals surface area contributed by atoms with Crippen molar-refractivity contribution >= 4 is 18.8 Å². The maximum Gasteiger partial charge on any atom is 0.210 e. The zero-order valence-corrected chi connectivity index (χ0v) is 12.7. The van der Waals surface area contributed by atoms with E-state index in [1.165, 1.54) is 16.7 Å². The Morgan fingerprint density at radius 2 is 1.80 bits per heavy atom. The van der Waals surface area contributed by atoms with Crippen LogP contribution in [0.3, 0.4) is 0 Å². The summed E-state index contributed by atoms with van der Waals surface area (Å²) in [6.07, 6.45) is 0.945. The summed E-state index contributed by atoms with van der Waals surface area (Å²) in [7, 11) is 2.18. The Hall–Kier alpha value is -1.10. The first kappa shape index (κ1) is 15.3. The van der Waals surface area contributed by atoms with Gasteiger partial charge < -0.3 is 9.80 Å². The molecule has 0 bridgehead atoms. The van der Waals surface area contributed by atoms with E-state index >= 15 is 0 Å². The molecule has 1 saturated heterocycles. The zero-order chi connectivity index (χ0) is 13.2. The molecule has 2 heterocycles. The smallest absolute Gasteiger partial charge is 0.210 e. The first-order valence-electron chi connectivity index (χ1n) is 6.95. The lowest BCUT2D eigenvalue weighted by Gasteiger charge is -2.32. The summed E-state index contributed by atoms with van der Waals surface area (Å²) >= 11 is 0. The summed E-state index contributed by atoms with van der Waals surface area (Å²) < 4.78 is 0. The standard InChI is InChI=1S/C15H21N3O.ClH/c1-16-4-6-17(7-5-16)9-13-2-3-14-10-18(12-19)11-15(14)8-13;/h2-3,8,12H,4-7,9-11H2,1H3;1H. The van der Waals surface area contributed by atoms with Gasteiger partial charge in [-0.15, -0.1) is 12.4 Å². The van der Waals surface area contributed by atoms with Crippen molar-refractivity contribution in [3.05, 3.63) is 34.9 Å². The van der Waals surface area contributed by atoms with Gasteiger partial charge in [-0.1, -0.05) is 18.2 Å². The molecule has 1 aromatic carbocycles. The second-order valence-corrected chi connectivity index (χ2v) is 5.69. The Kier molecular flexibility index (Phi) is 5.02. The van der Waals surface area contributed by atoms with Crippen LogP contribution in [0.2, 0.25) is 0 Å². The Morgan fingerprint density at radius 3 is 2.50 bits per heavy atom. The largest absolute Gasteiger partial charge is 0.337 e. The third-order valence-electron chi connectivity index (χ3n) is 4.17. The molecule has 5 heteroatoms. The molecule has 1 amide bonds. The fraction of sp³-hybridized carbons (Fsp3) is 0.533. The fourth-order valence-electron chi connectivity index (χ4n) is 2.91. The quantitative estimate of drug-likeness (QED) is 0.787. The average Bonchev–Trinajstić information content (AvgIpc) is 2.83. The number of hydrogen-bond acceptors (Lipinski definition) is 3. The van der Waals surface area contributed by atoms with Gasteiger partial charge in [0, 0.05) is 45.8 Å². The predicted molar refractivity (Wildman–Crippen MR) is 81.8 cm³/mol. The molecule has 20 heavy (non-hydrogen) atoms. The fourth-order valence-corrected chi connectivity index (χ4v) is 2.91. The first-order chi connectivity index (χ1) is 9.24. The lowest BCUT2D eigenvalue weighted by molar-refractivity contribution is -0.118. The molecular weight excluding hydrogens is 274 g/mol. The number of halogens is 1. The highest BCUT2D eigenvalue weighted by molar-refractivity contribution is 5.85. The molecule has 0 aromatic heterocycles. The monoisotopic (exact) mass is 295 g/mol. The highest BCUT2D eigenvalue weighted by atomic mass is 35.5. The van der Waals surface area contributed by atoms with Crippen LogP contribution < -0.4 is 0 Å². The van der Waals surface area contributed by atoms with Crippen molar-refractivity contribution in [1.82, 2.24) is 14.7 Å². The van der Waals surface area contributed by atoms with Gasteiger partial charge in [0.1, 0.15) is 0 Å². The van der Waals surface area contributed by atoms with Crippen LogP contribution in [-0.4, -0.2) is 54.3 Å². The van der Waals surface area contributed by atoms with Gasteiger partial charge in [-0.2, -0.15) is 0 Å². The molecule has 3 rings (SSSR count). The van der Waals surface area contributed by atoms with Gasteiger partial charge in [0.05, 0.1) is 0 Å². The van der Waals surface area contributed by atoms with E-state index in [1.54, 1.807) is 0 Å². The summed E-state index contributed by atoms with van der Waals surface area (Å²) in [4.78, 5) is 17.5. The van der Waals surface area contributed by atoms with Crippen LogP contribution in [0.15, 0.2) is 18.2 Å². The number of benzene rings is 1. The molecule has 1 fully saturated rings. The number of hydrogen-bond donors (Lipinski definition) is 0. The van der Waals surface area contributed by atoms with Crippen molar-refractivity contribution in [3.63, 3.8) is 0 Å². The molecule has 0 spiro atoms. The van der Waals surface area contributed by atoms with Crippen LogP contribution in [0.4, 0.5) is 0 Å². The van der Waals surface area contributed by atoms with Gasteiger partial charge in [-0.05, 0) is 23.7 Å². The van der Waals surface area contributed by atoms with Gasteiger partial charge in [-0.25, -0.2) is 0 Å². The van der Waals surface area contributed by atoms with Crippen LogP contribution in [0.25, 0.3) is 0 Å². The molecule has 110 valence electrons. The minimum atomic E-state index is 0. The van der Waals surface area contributed by atoms with E-state index in [0.29, 0.717) is 0 Å². The molecule has 0 atom stereocenters. The Morgan fingerprint density at radius 1 is 1.10 bits per heavy atom. The molecule has 0 unspecified atom stereocenters. The van der Waals surface area contributed by atoms with E-state index in [4.69, 9.17) is 0 Å². The number of carbonyl (C=O) groups is 1. The van der Waals surface area contributed by atoms with Crippen molar-refractivity contribution in [1.29, 1.82) is 0 Å². The van der Waals surface area contributed by atoms with Crippen molar-refractivity contribution in [2.75, 3.05) is 33.2 Å². The van der Waals surface area contributed by atoms with Crippen LogP contribution in [0.1, 0.15) is 16.7 Å². The summed E-state index contributed by atoms with van der Waals surface area (Å²) in [5, 5.41) is 0. The first-order valence-corrected chi connectivity index (χ1v) is 6.95. The van der Waals surface area contributed by atoms with Crippen LogP contribution >= 0.6 is 12.4 Å². The lowest BCUT2D eigenvalue weighted by Crippen LogP contribution is -2.43. The number of amides is 1. The molecule has 4 nitrogen and oxygen atoms in total. The van der Waals surface area contributed by atoms with Crippen molar-refractivity contribution < 1.29 is 4.79 Å². The number of carbonyl (C=O) groups excluding carboxylic acids is 1. The normalized spacial score (nSPS) is 19.6. The van der Waals surface area contributed by atoms with E-state index in [0.717, 1.165) is 52.2 Å². The number of fused-ring (bicyclic) bond motifs is 1. The van der Waals surface area contributed by atoms with Crippen molar-refractivity contribution in [3.8, 4) is 0 Å². The molecule has 1 aromatic rings. The third-order valence-corrected chi connectivity index (χ3v) is 4.17. The number of rotatable bonds is 3. The topological polar surface area (TPSA) is 26.8 Å². The highest BCUT2D eigenvalue weighted by Gasteiger charge is 2.19. The predicted octanol–water partition coefficient (Wildman–Crippen LogP) is 1.33. The van der Waals surface area contributed by atoms with Crippen molar-refractivity contribution in [2.45, 2.75) is 19.6 Å². The summed E-state index contributed by atoms with van der Waals surface area (Å²) in [6, 6.07) is 6.67. The number of likely N-dealkylation sites (N-methyl/N-ethyl adjacent to an activating group) is 1. The lowest BCUT2D eigenvalue weighted by atomic mass is 10.1. The molecule has 0 aliphatic carbocycles. The van der Waals surface area contributed by atoms with Gasteiger partial charge in [-0.3, -0.25) is 9.69 Å². The van der Waals surface area contributed by atoms with E-state index in [-0.39, 0.29) is 12.4 Å². The summed E-state index contributed by atoms with van der Waals surface area (Å²) in [5.74, 6) is 0. The Labute approximate surface area is 126 Å². The molecule has 2 aliphatic rings. The van der Waals surface area contributed by atoms with Gasteiger partial charge in [0.2, 0.25) is 6.41 Å². The van der Waals surface area contributed by atoms with E-state index in [2.05, 4.69) is 35.0 Å². The van der Waals surface area contributed by atoms with E-state index < -0.39 is 0 Å². The number of piperazine rings is 1. The van der Waals surface area contributed by atoms with Gasteiger partial charge >= 0.3 is 0 Å². The van der Waals surface area contributed by atoms with Crippen LogP contribution in [0.5, 0.6) is 0 Å². The van der Waals surface area contributed by atoms with E-state index in [1.807, 2.05) is 4.90 Å². The van der Waals surface area contributed by atoms with Crippen LogP contribution in [-0.2, 0) is 24.4 Å². The second kappa shape index (κ2) is 6.57. The maximum absolute atomic E-state index is 10.8. The Balaban J connectivity index is 0.00000147. The third kappa shape index (κ3) is 3.32. The minimum Gasteiger partial charge on any atom is -0.337 e. The summed E-state index contributed by atoms with van der Waals surface area (Å²) in [5.41, 5.74) is 3.99. The average molecular weight is 296 g/mol. The molecule has 0 radical (unpaired) electrons. The highest BCUT2D eigenvalue weighted by Crippen LogP contribution is 2.23. The molecule has 2 aliphatic heterocycles. The van der Waals surface area contributed by atoms with Crippen molar-refractivity contribution in [2.24, 2.45) is 0 Å². The minimum absolute atomic E-state index is 0.